The van der Waals surface area contributed by atoms with Crippen LogP contribution in [0.5, 0.6) is 11.5 Å². The molecule has 114 valence electrons. The monoisotopic (exact) mass is 293 g/mol. The molecule has 1 amide bonds. The molecule has 1 aliphatic heterocycles. The zero-order valence-electron chi connectivity index (χ0n) is 12.2. The molecule has 1 fully saturated rings. The number of hydrogen-bond acceptors (Lipinski definition) is 5. The quantitative estimate of drug-likeness (QED) is 0.853. The molecule has 1 aliphatic rings. The second-order valence-electron chi connectivity index (χ2n) is 5.00. The standard InChI is InChI=1S/C15H19NO5/c1-20-13-6-5-10(8-12(13)17)14(18)16-7-3-4-11(9-16)15(19)21-2/h5-6,8,11,17H,3-4,7,9H2,1-2H3/t11-/m0/s1. The molecule has 6 heteroatoms. The van der Waals surface area contributed by atoms with E-state index >= 15 is 0 Å². The number of phenols is 1. The number of esters is 1. The van der Waals surface area contributed by atoms with Gasteiger partial charge in [0.05, 0.1) is 20.1 Å². The molecule has 0 radical (unpaired) electrons. The van der Waals surface area contributed by atoms with Gasteiger partial charge in [-0.3, -0.25) is 9.59 Å². The number of phenolic OH excluding ortho intramolecular Hbond substituents is 1. The fourth-order valence-corrected chi connectivity index (χ4v) is 2.53. The molecule has 0 aliphatic carbocycles. The molecule has 6 nitrogen and oxygen atoms in total. The highest BCUT2D eigenvalue weighted by Gasteiger charge is 2.29. The fraction of sp³-hybridized carbons (Fsp3) is 0.467. The predicted molar refractivity (Wildman–Crippen MR) is 75.3 cm³/mol. The number of ether oxygens (including phenoxy) is 2. The van der Waals surface area contributed by atoms with Crippen molar-refractivity contribution < 1.29 is 24.2 Å². The van der Waals surface area contributed by atoms with Crippen LogP contribution in [0.25, 0.3) is 0 Å². The van der Waals surface area contributed by atoms with Gasteiger partial charge in [-0.15, -0.1) is 0 Å². The maximum absolute atomic E-state index is 12.4. The maximum Gasteiger partial charge on any atom is 0.310 e. The summed E-state index contributed by atoms with van der Waals surface area (Å²) in [5.41, 5.74) is 0.374. The van der Waals surface area contributed by atoms with Crippen molar-refractivity contribution >= 4 is 11.9 Å². The van der Waals surface area contributed by atoms with E-state index in [2.05, 4.69) is 0 Å². The zero-order chi connectivity index (χ0) is 15.4. The van der Waals surface area contributed by atoms with Gasteiger partial charge in [0, 0.05) is 18.7 Å². The van der Waals surface area contributed by atoms with E-state index in [0.717, 1.165) is 12.8 Å². The van der Waals surface area contributed by atoms with E-state index in [0.29, 0.717) is 24.4 Å². The smallest absolute Gasteiger partial charge is 0.310 e. The van der Waals surface area contributed by atoms with Crippen molar-refractivity contribution in [3.05, 3.63) is 23.8 Å². The van der Waals surface area contributed by atoms with Crippen LogP contribution in [0.2, 0.25) is 0 Å². The van der Waals surface area contributed by atoms with Crippen LogP contribution >= 0.6 is 0 Å². The first kappa shape index (κ1) is 15.2. The molecular formula is C15H19NO5. The number of nitrogens with zero attached hydrogens (tertiary/aromatic N) is 1. The summed E-state index contributed by atoms with van der Waals surface area (Å²) in [6.45, 7) is 0.942. The summed E-state index contributed by atoms with van der Waals surface area (Å²) in [7, 11) is 2.80. The molecule has 0 unspecified atom stereocenters. The minimum Gasteiger partial charge on any atom is -0.504 e. The van der Waals surface area contributed by atoms with Gasteiger partial charge in [0.1, 0.15) is 0 Å². The van der Waals surface area contributed by atoms with Crippen LogP contribution in [0, 0.1) is 5.92 Å². The normalized spacial score (nSPS) is 18.2. The lowest BCUT2D eigenvalue weighted by atomic mass is 9.97. The van der Waals surface area contributed by atoms with E-state index in [9.17, 15) is 14.7 Å². The number of piperidine rings is 1. The molecule has 21 heavy (non-hydrogen) atoms. The molecule has 0 saturated carbocycles. The number of rotatable bonds is 3. The Kier molecular flexibility index (Phi) is 4.67. The number of carbonyl (C=O) groups excluding carboxylic acids is 2. The molecule has 0 spiro atoms. The Balaban J connectivity index is 2.12. The summed E-state index contributed by atoms with van der Waals surface area (Å²) in [5.74, 6) is -0.534. The molecule has 1 N–H and O–H groups in total. The van der Waals surface area contributed by atoms with Gasteiger partial charge in [-0.05, 0) is 31.0 Å². The van der Waals surface area contributed by atoms with E-state index in [4.69, 9.17) is 9.47 Å². The molecular weight excluding hydrogens is 274 g/mol. The highest BCUT2D eigenvalue weighted by atomic mass is 16.5. The van der Waals surface area contributed by atoms with Crippen LogP contribution in [0.15, 0.2) is 18.2 Å². The minimum atomic E-state index is -0.287. The highest BCUT2D eigenvalue weighted by Crippen LogP contribution is 2.27. The van der Waals surface area contributed by atoms with Gasteiger partial charge >= 0.3 is 5.97 Å². The third-order valence-corrected chi connectivity index (χ3v) is 3.67. The highest BCUT2D eigenvalue weighted by molar-refractivity contribution is 5.95. The zero-order valence-corrected chi connectivity index (χ0v) is 12.2. The fourth-order valence-electron chi connectivity index (χ4n) is 2.53. The lowest BCUT2D eigenvalue weighted by molar-refractivity contribution is -0.146. The summed E-state index contributed by atoms with van der Waals surface area (Å²) in [5, 5.41) is 9.75. The van der Waals surface area contributed by atoms with Crippen molar-refractivity contribution in [3.63, 3.8) is 0 Å². The van der Waals surface area contributed by atoms with Crippen molar-refractivity contribution in [2.24, 2.45) is 5.92 Å². The Morgan fingerprint density at radius 1 is 1.33 bits per heavy atom. The molecule has 1 aromatic carbocycles. The Bertz CT molecular complexity index is 543. The second-order valence-corrected chi connectivity index (χ2v) is 5.00. The first-order chi connectivity index (χ1) is 10.1. The number of amides is 1. The van der Waals surface area contributed by atoms with Crippen LogP contribution in [0.3, 0.4) is 0 Å². The third-order valence-electron chi connectivity index (χ3n) is 3.67. The van der Waals surface area contributed by atoms with Crippen LogP contribution in [-0.2, 0) is 9.53 Å². The Morgan fingerprint density at radius 2 is 2.10 bits per heavy atom. The first-order valence-electron chi connectivity index (χ1n) is 6.81. The Morgan fingerprint density at radius 3 is 2.71 bits per heavy atom. The topological polar surface area (TPSA) is 76.1 Å². The van der Waals surface area contributed by atoms with Gasteiger partial charge in [-0.2, -0.15) is 0 Å². The maximum atomic E-state index is 12.4. The Labute approximate surface area is 123 Å². The summed E-state index contributed by atoms with van der Waals surface area (Å²) >= 11 is 0. The molecule has 1 aromatic rings. The van der Waals surface area contributed by atoms with Crippen molar-refractivity contribution in [2.45, 2.75) is 12.8 Å². The molecule has 1 saturated heterocycles. The largest absolute Gasteiger partial charge is 0.504 e. The van der Waals surface area contributed by atoms with Crippen molar-refractivity contribution in [3.8, 4) is 11.5 Å². The number of methoxy groups -OCH3 is 2. The van der Waals surface area contributed by atoms with Gasteiger partial charge in [0.2, 0.25) is 0 Å². The van der Waals surface area contributed by atoms with Gasteiger partial charge in [0.15, 0.2) is 11.5 Å². The van der Waals surface area contributed by atoms with E-state index in [-0.39, 0.29) is 23.5 Å². The summed E-state index contributed by atoms with van der Waals surface area (Å²) in [6, 6.07) is 4.52. The second kappa shape index (κ2) is 6.47. The number of likely N-dealkylation sites (tertiary alicyclic amines) is 1. The third kappa shape index (κ3) is 3.26. The molecule has 0 aromatic heterocycles. The van der Waals surface area contributed by atoms with Gasteiger partial charge in [-0.25, -0.2) is 0 Å². The van der Waals surface area contributed by atoms with Crippen molar-refractivity contribution in [1.82, 2.24) is 4.90 Å². The average molecular weight is 293 g/mol. The lowest BCUT2D eigenvalue weighted by Crippen LogP contribution is -2.42. The summed E-state index contributed by atoms with van der Waals surface area (Å²) in [4.78, 5) is 25.6. The molecule has 0 bridgehead atoms. The molecule has 2 rings (SSSR count). The summed E-state index contributed by atoms with van der Waals surface area (Å²) < 4.78 is 9.69. The number of benzene rings is 1. The van der Waals surface area contributed by atoms with Crippen LogP contribution in [0.4, 0.5) is 0 Å². The van der Waals surface area contributed by atoms with Crippen LogP contribution in [-0.4, -0.2) is 49.2 Å². The van der Waals surface area contributed by atoms with E-state index in [1.807, 2.05) is 0 Å². The minimum absolute atomic E-state index is 0.0788. The van der Waals surface area contributed by atoms with E-state index in [1.54, 1.807) is 17.0 Å². The number of carbonyl (C=O) groups is 2. The van der Waals surface area contributed by atoms with Gasteiger partial charge < -0.3 is 19.5 Å². The van der Waals surface area contributed by atoms with E-state index < -0.39 is 0 Å². The first-order valence-corrected chi connectivity index (χ1v) is 6.81. The lowest BCUT2D eigenvalue weighted by Gasteiger charge is -2.31. The summed E-state index contributed by atoms with van der Waals surface area (Å²) in [6.07, 6.45) is 1.48. The average Bonchev–Trinajstić information content (AvgIpc) is 2.53. The molecule has 1 heterocycles. The van der Waals surface area contributed by atoms with Crippen molar-refractivity contribution in [1.29, 1.82) is 0 Å². The van der Waals surface area contributed by atoms with Crippen molar-refractivity contribution in [2.75, 3.05) is 27.3 Å². The van der Waals surface area contributed by atoms with Crippen LogP contribution < -0.4 is 4.74 Å². The molecule has 1 atom stereocenters. The number of aromatic hydroxyl groups is 1. The van der Waals surface area contributed by atoms with Gasteiger partial charge in [0.25, 0.3) is 5.91 Å². The van der Waals surface area contributed by atoms with Gasteiger partial charge in [-0.1, -0.05) is 0 Å². The Hall–Kier alpha value is -2.24. The van der Waals surface area contributed by atoms with Crippen LogP contribution in [0.1, 0.15) is 23.2 Å². The predicted octanol–water partition coefficient (Wildman–Crippen LogP) is 1.43. The SMILES string of the molecule is COC(=O)[C@H]1CCCN(C(=O)c2ccc(OC)c(O)c2)C1. The number of hydrogen-bond donors (Lipinski definition) is 1. The van der Waals surface area contributed by atoms with E-state index in [1.165, 1.54) is 20.3 Å².